The lowest BCUT2D eigenvalue weighted by molar-refractivity contribution is -0.123. The minimum Gasteiger partial charge on any atom is -0.352 e. The normalized spacial score (nSPS) is 24.9. The second-order valence-corrected chi connectivity index (χ2v) is 9.54. The summed E-state index contributed by atoms with van der Waals surface area (Å²) in [4.78, 5) is 16.9. The molecule has 1 aliphatic heterocycles. The van der Waals surface area contributed by atoms with E-state index in [9.17, 15) is 13.2 Å². The number of aryl methyl sites for hydroxylation is 1. The van der Waals surface area contributed by atoms with Crippen molar-refractivity contribution in [2.45, 2.75) is 31.2 Å². The highest BCUT2D eigenvalue weighted by atomic mass is 32.2. The number of carbonyl (C=O) groups excluding carboxylic acids is 1. The number of aromatic nitrogens is 1. The van der Waals surface area contributed by atoms with Gasteiger partial charge in [-0.2, -0.15) is 4.31 Å². The monoisotopic (exact) mass is 385 g/mol. The van der Waals surface area contributed by atoms with E-state index in [4.69, 9.17) is 0 Å². The molecular formula is C20H23N3O3S. The Hall–Kier alpha value is -2.25. The van der Waals surface area contributed by atoms with Crippen LogP contribution in [0, 0.1) is 18.3 Å². The number of nitrogens with one attached hydrogen (secondary N) is 1. The third-order valence-electron chi connectivity index (χ3n) is 5.67. The molecule has 1 saturated carbocycles. The number of sulfonamides is 1. The van der Waals surface area contributed by atoms with Gasteiger partial charge in [0.25, 0.3) is 0 Å². The van der Waals surface area contributed by atoms with Crippen molar-refractivity contribution in [1.29, 1.82) is 0 Å². The van der Waals surface area contributed by atoms with E-state index in [0.717, 1.165) is 24.0 Å². The molecule has 1 aliphatic carbocycles. The van der Waals surface area contributed by atoms with Gasteiger partial charge in [0.15, 0.2) is 0 Å². The molecule has 1 amide bonds. The number of carbonyl (C=O) groups is 1. The first-order chi connectivity index (χ1) is 12.9. The van der Waals surface area contributed by atoms with Crippen molar-refractivity contribution in [1.82, 2.24) is 14.6 Å². The Morgan fingerprint density at radius 1 is 1.33 bits per heavy atom. The van der Waals surface area contributed by atoms with Crippen molar-refractivity contribution in [2.24, 2.45) is 11.3 Å². The average Bonchev–Trinajstić information content (AvgIpc) is 3.19. The molecule has 2 aliphatic rings. The standard InChI is InChI=1S/C20H23N3O3S/c1-15-4-2-6-17(10-15)27(25,26)23-9-7-20(14-23)11-18(20)19(24)22-13-16-5-3-8-21-12-16/h2-6,8,10,12,18H,7,9,11,13-14H2,1H3,(H,22,24)/t18-,20+/m0/s1. The molecular weight excluding hydrogens is 362 g/mol. The molecule has 0 unspecified atom stereocenters. The highest BCUT2D eigenvalue weighted by molar-refractivity contribution is 7.89. The molecule has 2 heterocycles. The van der Waals surface area contributed by atoms with Crippen LogP contribution in [0.4, 0.5) is 0 Å². The van der Waals surface area contributed by atoms with E-state index in [0.29, 0.717) is 24.5 Å². The first kappa shape index (κ1) is 18.1. The number of amides is 1. The molecule has 1 aromatic carbocycles. The van der Waals surface area contributed by atoms with Crippen LogP contribution in [-0.2, 0) is 21.4 Å². The summed E-state index contributed by atoms with van der Waals surface area (Å²) in [5.74, 6) is -0.0967. The van der Waals surface area contributed by atoms with Crippen LogP contribution in [0.25, 0.3) is 0 Å². The lowest BCUT2D eigenvalue weighted by Crippen LogP contribution is -2.31. The first-order valence-corrected chi connectivity index (χ1v) is 10.6. The molecule has 0 radical (unpaired) electrons. The molecule has 4 rings (SSSR count). The first-order valence-electron chi connectivity index (χ1n) is 9.14. The molecule has 2 atom stereocenters. The number of rotatable bonds is 5. The smallest absolute Gasteiger partial charge is 0.243 e. The van der Waals surface area contributed by atoms with Crippen molar-refractivity contribution in [3.63, 3.8) is 0 Å². The second-order valence-electron chi connectivity index (χ2n) is 7.60. The van der Waals surface area contributed by atoms with E-state index < -0.39 is 10.0 Å². The Kier molecular flexibility index (Phi) is 4.52. The van der Waals surface area contributed by atoms with Crippen molar-refractivity contribution >= 4 is 15.9 Å². The number of benzene rings is 1. The fraction of sp³-hybridized carbons (Fsp3) is 0.400. The van der Waals surface area contributed by atoms with Crippen LogP contribution < -0.4 is 5.32 Å². The number of hydrogen-bond donors (Lipinski definition) is 1. The fourth-order valence-electron chi connectivity index (χ4n) is 3.97. The third-order valence-corrected chi connectivity index (χ3v) is 7.51. The Morgan fingerprint density at radius 3 is 2.93 bits per heavy atom. The Morgan fingerprint density at radius 2 is 2.19 bits per heavy atom. The maximum absolute atomic E-state index is 12.9. The van der Waals surface area contributed by atoms with Gasteiger partial charge in [-0.1, -0.05) is 18.2 Å². The number of pyridine rings is 1. The Balaban J connectivity index is 1.39. The van der Waals surface area contributed by atoms with Crippen molar-refractivity contribution in [3.05, 3.63) is 59.9 Å². The molecule has 1 N–H and O–H groups in total. The summed E-state index contributed by atoms with van der Waals surface area (Å²) < 4.78 is 27.4. The van der Waals surface area contributed by atoms with Crippen LogP contribution in [-0.4, -0.2) is 36.7 Å². The summed E-state index contributed by atoms with van der Waals surface area (Å²) >= 11 is 0. The molecule has 27 heavy (non-hydrogen) atoms. The molecule has 2 fully saturated rings. The summed E-state index contributed by atoms with van der Waals surface area (Å²) in [5.41, 5.74) is 1.68. The quantitative estimate of drug-likeness (QED) is 0.855. The summed E-state index contributed by atoms with van der Waals surface area (Å²) in [6, 6.07) is 10.7. The van der Waals surface area contributed by atoms with Crippen LogP contribution >= 0.6 is 0 Å². The minimum atomic E-state index is -3.50. The molecule has 1 saturated heterocycles. The lowest BCUT2D eigenvalue weighted by atomic mass is 10.0. The van der Waals surface area contributed by atoms with Gasteiger partial charge in [0, 0.05) is 37.9 Å². The van der Waals surface area contributed by atoms with Crippen LogP contribution in [0.3, 0.4) is 0 Å². The molecule has 6 nitrogen and oxygen atoms in total. The summed E-state index contributed by atoms with van der Waals surface area (Å²) in [6.07, 6.45) is 4.92. The van der Waals surface area contributed by atoms with Gasteiger partial charge in [0.2, 0.25) is 15.9 Å². The van der Waals surface area contributed by atoms with Gasteiger partial charge >= 0.3 is 0 Å². The van der Waals surface area contributed by atoms with Crippen LogP contribution in [0.2, 0.25) is 0 Å². The number of nitrogens with zero attached hydrogens (tertiary/aromatic N) is 2. The van der Waals surface area contributed by atoms with Gasteiger partial charge in [0.05, 0.1) is 4.90 Å². The van der Waals surface area contributed by atoms with Crippen molar-refractivity contribution < 1.29 is 13.2 Å². The fourth-order valence-corrected chi connectivity index (χ4v) is 5.61. The lowest BCUT2D eigenvalue weighted by Gasteiger charge is -2.17. The minimum absolute atomic E-state index is 0.00802. The van der Waals surface area contributed by atoms with E-state index in [2.05, 4.69) is 10.3 Å². The topological polar surface area (TPSA) is 79.4 Å². The van der Waals surface area contributed by atoms with Crippen LogP contribution in [0.15, 0.2) is 53.7 Å². The summed E-state index contributed by atoms with van der Waals surface area (Å²) in [5, 5.41) is 2.96. The highest BCUT2D eigenvalue weighted by Gasteiger charge is 2.62. The molecule has 7 heteroatoms. The van der Waals surface area contributed by atoms with E-state index >= 15 is 0 Å². The van der Waals surface area contributed by atoms with E-state index in [-0.39, 0.29) is 17.2 Å². The van der Waals surface area contributed by atoms with E-state index in [1.165, 1.54) is 4.31 Å². The maximum atomic E-state index is 12.9. The van der Waals surface area contributed by atoms with Crippen LogP contribution in [0.5, 0.6) is 0 Å². The molecule has 2 aromatic rings. The van der Waals surface area contributed by atoms with Gasteiger partial charge in [-0.3, -0.25) is 9.78 Å². The summed E-state index contributed by atoms with van der Waals surface area (Å²) in [6.45, 7) is 3.23. The van der Waals surface area contributed by atoms with Gasteiger partial charge in [-0.15, -0.1) is 0 Å². The predicted molar refractivity (Wildman–Crippen MR) is 101 cm³/mol. The highest BCUT2D eigenvalue weighted by Crippen LogP contribution is 2.59. The average molecular weight is 385 g/mol. The zero-order chi connectivity index (χ0) is 19.1. The maximum Gasteiger partial charge on any atom is 0.243 e. The Bertz CT molecular complexity index is 961. The SMILES string of the molecule is Cc1cccc(S(=O)(=O)N2CC[C@@]3(C[C@H]3C(=O)NCc3cccnc3)C2)c1. The van der Waals surface area contributed by atoms with Gasteiger partial charge in [0.1, 0.15) is 0 Å². The van der Waals surface area contributed by atoms with E-state index in [1.54, 1.807) is 30.6 Å². The summed E-state index contributed by atoms with van der Waals surface area (Å²) in [7, 11) is -3.50. The molecule has 1 spiro atoms. The van der Waals surface area contributed by atoms with Crippen molar-refractivity contribution in [3.8, 4) is 0 Å². The largest absolute Gasteiger partial charge is 0.352 e. The van der Waals surface area contributed by atoms with Gasteiger partial charge in [-0.25, -0.2) is 8.42 Å². The second kappa shape index (κ2) is 6.73. The third kappa shape index (κ3) is 3.49. The molecule has 1 aromatic heterocycles. The van der Waals surface area contributed by atoms with Crippen LogP contribution in [0.1, 0.15) is 24.0 Å². The van der Waals surface area contributed by atoms with Gasteiger partial charge in [-0.05, 0) is 54.5 Å². The Labute approximate surface area is 159 Å². The number of hydrogen-bond acceptors (Lipinski definition) is 4. The molecule has 0 bridgehead atoms. The zero-order valence-electron chi connectivity index (χ0n) is 15.3. The van der Waals surface area contributed by atoms with Crippen molar-refractivity contribution in [2.75, 3.05) is 13.1 Å². The zero-order valence-corrected chi connectivity index (χ0v) is 16.1. The van der Waals surface area contributed by atoms with E-state index in [1.807, 2.05) is 25.1 Å². The predicted octanol–water partition coefficient (Wildman–Crippen LogP) is 2.11. The van der Waals surface area contributed by atoms with Gasteiger partial charge < -0.3 is 5.32 Å². The molecule has 142 valence electrons.